The minimum absolute atomic E-state index is 0.187. The van der Waals surface area contributed by atoms with Gasteiger partial charge < -0.3 is 19.8 Å². The Bertz CT molecular complexity index is 458. The van der Waals surface area contributed by atoms with E-state index in [9.17, 15) is 4.79 Å². The molecule has 0 aliphatic carbocycles. The topological polar surface area (TPSA) is 83.7 Å². The third-order valence-electron chi connectivity index (χ3n) is 3.18. The van der Waals surface area contributed by atoms with E-state index in [0.29, 0.717) is 0 Å². The molecule has 0 aromatic carbocycles. The van der Waals surface area contributed by atoms with Gasteiger partial charge in [0.1, 0.15) is 0 Å². The van der Waals surface area contributed by atoms with Gasteiger partial charge in [-0.3, -0.25) is 0 Å². The predicted molar refractivity (Wildman–Crippen MR) is 68.0 cm³/mol. The van der Waals surface area contributed by atoms with E-state index in [2.05, 4.69) is 4.98 Å². The van der Waals surface area contributed by atoms with Crippen molar-refractivity contribution in [2.24, 2.45) is 5.73 Å². The molecule has 0 bridgehead atoms. The number of nitrogens with two attached hydrogens (primary N) is 1. The van der Waals surface area contributed by atoms with Gasteiger partial charge in [-0.1, -0.05) is 11.3 Å². The number of carbonyl (C=O) groups excluding carboxylic acids is 1. The van der Waals surface area contributed by atoms with E-state index in [-0.39, 0.29) is 5.19 Å². The Morgan fingerprint density at radius 2 is 1.94 bits per heavy atom. The number of primary amides is 1. The fraction of sp³-hybridized carbons (Fsp3) is 0.600. The van der Waals surface area contributed by atoms with Gasteiger partial charge in [0.15, 0.2) is 0 Å². The summed E-state index contributed by atoms with van der Waals surface area (Å²) < 4.78 is 17.1. The van der Waals surface area contributed by atoms with Gasteiger partial charge in [0.25, 0.3) is 5.19 Å². The smallest absolute Gasteiger partial charge is 0.399 e. The number of rotatable bonds is 2. The lowest BCUT2D eigenvalue weighted by Gasteiger charge is -2.32. The number of carbonyl (C=O) groups is 1. The highest BCUT2D eigenvalue weighted by Gasteiger charge is 2.52. The van der Waals surface area contributed by atoms with Gasteiger partial charge in [-0.05, 0) is 27.7 Å². The van der Waals surface area contributed by atoms with Crippen LogP contribution in [0.2, 0.25) is 0 Å². The second kappa shape index (κ2) is 4.22. The van der Waals surface area contributed by atoms with Crippen molar-refractivity contribution in [3.63, 3.8) is 0 Å². The van der Waals surface area contributed by atoms with Crippen LogP contribution >= 0.6 is 11.3 Å². The first-order valence-corrected chi connectivity index (χ1v) is 6.31. The minimum Gasteiger partial charge on any atom is -0.399 e. The maximum atomic E-state index is 10.6. The first-order valence-electron chi connectivity index (χ1n) is 5.50. The average molecular weight is 270 g/mol. The average Bonchev–Trinajstić information content (AvgIpc) is 2.70. The van der Waals surface area contributed by atoms with Crippen LogP contribution in [0, 0.1) is 0 Å². The van der Waals surface area contributed by atoms with Gasteiger partial charge in [0.05, 0.1) is 16.0 Å². The van der Waals surface area contributed by atoms with Crippen LogP contribution in [0.1, 0.15) is 27.7 Å². The van der Waals surface area contributed by atoms with E-state index in [0.717, 1.165) is 4.78 Å². The summed E-state index contributed by atoms with van der Waals surface area (Å²) in [5, 5.41) is 0.187. The molecule has 2 rings (SSSR count). The molecule has 1 aliphatic heterocycles. The van der Waals surface area contributed by atoms with Crippen LogP contribution in [-0.2, 0) is 9.31 Å². The number of aromatic nitrogens is 1. The van der Waals surface area contributed by atoms with Crippen molar-refractivity contribution in [2.75, 3.05) is 0 Å². The molecule has 0 unspecified atom stereocenters. The summed E-state index contributed by atoms with van der Waals surface area (Å²) >= 11 is 1.18. The van der Waals surface area contributed by atoms with Crippen LogP contribution in [0.5, 0.6) is 5.19 Å². The molecule has 0 atom stereocenters. The lowest BCUT2D eigenvalue weighted by molar-refractivity contribution is 0.00578. The van der Waals surface area contributed by atoms with Crippen molar-refractivity contribution in [1.82, 2.24) is 4.98 Å². The summed E-state index contributed by atoms with van der Waals surface area (Å²) in [6, 6.07) is 0. The molecule has 1 saturated heterocycles. The molecule has 8 heteroatoms. The number of hydrogen-bond acceptors (Lipinski definition) is 6. The second-order valence-corrected chi connectivity index (χ2v) is 6.06. The van der Waals surface area contributed by atoms with Gasteiger partial charge >= 0.3 is 13.2 Å². The monoisotopic (exact) mass is 270 g/mol. The third-order valence-corrected chi connectivity index (χ3v) is 4.07. The largest absolute Gasteiger partial charge is 0.507 e. The highest BCUT2D eigenvalue weighted by molar-refractivity contribution is 7.23. The SMILES string of the molecule is CC1(C)OB(c2cnc(OC(N)=O)s2)OC1(C)C. The van der Waals surface area contributed by atoms with Crippen molar-refractivity contribution in [2.45, 2.75) is 38.9 Å². The van der Waals surface area contributed by atoms with E-state index < -0.39 is 24.4 Å². The normalized spacial score (nSPS) is 21.0. The fourth-order valence-corrected chi connectivity index (χ4v) is 2.20. The lowest BCUT2D eigenvalue weighted by atomic mass is 9.89. The van der Waals surface area contributed by atoms with Crippen molar-refractivity contribution < 1.29 is 18.8 Å². The Balaban J connectivity index is 2.15. The molecule has 1 aromatic rings. The Morgan fingerprint density at radius 1 is 1.39 bits per heavy atom. The van der Waals surface area contributed by atoms with Crippen LogP contribution in [0.3, 0.4) is 0 Å². The molecule has 0 saturated carbocycles. The zero-order chi connectivity index (χ0) is 13.6. The Labute approximate surface area is 110 Å². The van der Waals surface area contributed by atoms with Gasteiger partial charge in [0, 0.05) is 6.20 Å². The first-order chi connectivity index (χ1) is 8.21. The summed E-state index contributed by atoms with van der Waals surface area (Å²) in [5.41, 5.74) is 4.10. The Morgan fingerprint density at radius 3 is 2.44 bits per heavy atom. The van der Waals surface area contributed by atoms with E-state index in [1.54, 1.807) is 6.20 Å². The van der Waals surface area contributed by atoms with E-state index >= 15 is 0 Å². The van der Waals surface area contributed by atoms with E-state index in [1.165, 1.54) is 11.3 Å². The zero-order valence-corrected chi connectivity index (χ0v) is 11.5. The molecule has 98 valence electrons. The number of amides is 1. The molecule has 6 nitrogen and oxygen atoms in total. The molecular weight excluding hydrogens is 255 g/mol. The van der Waals surface area contributed by atoms with Gasteiger partial charge in [-0.25, -0.2) is 9.78 Å². The Hall–Kier alpha value is -1.12. The molecule has 18 heavy (non-hydrogen) atoms. The maximum absolute atomic E-state index is 10.6. The maximum Gasteiger partial charge on any atom is 0.507 e. The minimum atomic E-state index is -0.884. The van der Waals surface area contributed by atoms with Crippen molar-refractivity contribution in [3.8, 4) is 5.19 Å². The van der Waals surface area contributed by atoms with Crippen molar-refractivity contribution in [3.05, 3.63) is 6.20 Å². The standard InChI is InChI=1S/C10H15BN2O4S/c1-9(2)10(3,4)17-11(16-9)6-5-13-8(18-6)15-7(12)14/h5H,1-4H3,(H2,12,14). The summed E-state index contributed by atoms with van der Waals surface area (Å²) in [5.74, 6) is 0. The second-order valence-electron chi connectivity index (χ2n) is 5.04. The lowest BCUT2D eigenvalue weighted by Crippen LogP contribution is -2.41. The summed E-state index contributed by atoms with van der Waals surface area (Å²) in [7, 11) is -0.502. The third kappa shape index (κ3) is 2.36. The molecule has 2 N–H and O–H groups in total. The summed E-state index contributed by atoms with van der Waals surface area (Å²) in [6.07, 6.45) is 0.676. The number of hydrogen-bond donors (Lipinski definition) is 1. The number of ether oxygens (including phenoxy) is 1. The highest BCUT2D eigenvalue weighted by atomic mass is 32.1. The molecule has 1 aromatic heterocycles. The molecule has 1 aliphatic rings. The first kappa shape index (κ1) is 13.3. The van der Waals surface area contributed by atoms with E-state index in [4.69, 9.17) is 19.8 Å². The van der Waals surface area contributed by atoms with Gasteiger partial charge in [-0.2, -0.15) is 0 Å². The van der Waals surface area contributed by atoms with Crippen LogP contribution in [0.4, 0.5) is 4.79 Å². The summed E-state index contributed by atoms with van der Waals surface area (Å²) in [6.45, 7) is 7.87. The van der Waals surface area contributed by atoms with Gasteiger partial charge in [-0.15, -0.1) is 0 Å². The van der Waals surface area contributed by atoms with Crippen LogP contribution in [0.25, 0.3) is 0 Å². The van der Waals surface area contributed by atoms with Crippen LogP contribution in [-0.4, -0.2) is 29.4 Å². The highest BCUT2D eigenvalue weighted by Crippen LogP contribution is 2.37. The van der Waals surface area contributed by atoms with Crippen LogP contribution in [0.15, 0.2) is 6.20 Å². The molecule has 1 amide bonds. The fourth-order valence-electron chi connectivity index (χ4n) is 1.47. The Kier molecular flexibility index (Phi) is 3.12. The quantitative estimate of drug-likeness (QED) is 0.807. The molecular formula is C10H15BN2O4S. The van der Waals surface area contributed by atoms with Gasteiger partial charge in [0.2, 0.25) is 0 Å². The molecule has 1 fully saturated rings. The number of thiazole rings is 1. The molecule has 0 spiro atoms. The predicted octanol–water partition coefficient (Wildman–Crippen LogP) is 0.900. The van der Waals surface area contributed by atoms with Crippen molar-refractivity contribution >= 4 is 29.3 Å². The van der Waals surface area contributed by atoms with Crippen LogP contribution < -0.4 is 15.2 Å². The molecule has 2 heterocycles. The van der Waals surface area contributed by atoms with E-state index in [1.807, 2.05) is 27.7 Å². The summed E-state index contributed by atoms with van der Waals surface area (Å²) in [4.78, 5) is 14.5. The molecule has 0 radical (unpaired) electrons. The van der Waals surface area contributed by atoms with Crippen molar-refractivity contribution in [1.29, 1.82) is 0 Å². The zero-order valence-electron chi connectivity index (χ0n) is 10.7. The number of nitrogens with zero attached hydrogens (tertiary/aromatic N) is 1.